The molecule has 2 aromatic carbocycles. The number of amides is 1. The molecule has 104 valence electrons. The fourth-order valence-corrected chi connectivity index (χ4v) is 3.13. The molecule has 4 heteroatoms. The summed E-state index contributed by atoms with van der Waals surface area (Å²) in [4.78, 5) is 14.3. The van der Waals surface area contributed by atoms with E-state index in [4.69, 9.17) is 11.6 Å². The molecule has 0 saturated carbocycles. The lowest BCUT2D eigenvalue weighted by Crippen LogP contribution is -2.22. The monoisotopic (exact) mass is 296 g/mol. The Morgan fingerprint density at radius 2 is 1.95 bits per heavy atom. The van der Waals surface area contributed by atoms with Crippen LogP contribution in [0.5, 0.6) is 0 Å². The van der Waals surface area contributed by atoms with Gasteiger partial charge < -0.3 is 9.47 Å². The lowest BCUT2D eigenvalue weighted by Gasteiger charge is -2.16. The highest BCUT2D eigenvalue weighted by Gasteiger charge is 2.28. The van der Waals surface area contributed by atoms with Crippen molar-refractivity contribution in [3.63, 3.8) is 0 Å². The molecule has 2 heterocycles. The lowest BCUT2D eigenvalue weighted by molar-refractivity contribution is 0.0996. The Bertz CT molecular complexity index is 882. The minimum atomic E-state index is 0.0388. The van der Waals surface area contributed by atoms with E-state index in [-0.39, 0.29) is 5.91 Å². The van der Waals surface area contributed by atoms with Gasteiger partial charge in [0.05, 0.1) is 6.54 Å². The number of aryl methyl sites for hydroxylation is 1. The Hall–Kier alpha value is -2.26. The molecular formula is C17H13ClN2O. The number of nitrogens with zero attached hydrogens (tertiary/aromatic N) is 2. The molecule has 1 amide bonds. The number of aromatic nitrogens is 1. The molecule has 3 nitrogen and oxygen atoms in total. The minimum absolute atomic E-state index is 0.0388. The normalized spacial score (nSPS) is 14.0. The highest BCUT2D eigenvalue weighted by Crippen LogP contribution is 2.31. The van der Waals surface area contributed by atoms with E-state index in [1.807, 2.05) is 31.4 Å². The van der Waals surface area contributed by atoms with E-state index in [0.717, 1.165) is 27.7 Å². The molecular weight excluding hydrogens is 284 g/mol. The maximum atomic E-state index is 12.5. The topological polar surface area (TPSA) is 25.2 Å². The van der Waals surface area contributed by atoms with Crippen LogP contribution in [0.2, 0.25) is 5.02 Å². The quantitative estimate of drug-likeness (QED) is 0.666. The van der Waals surface area contributed by atoms with Gasteiger partial charge in [-0.1, -0.05) is 11.6 Å². The highest BCUT2D eigenvalue weighted by molar-refractivity contribution is 6.31. The van der Waals surface area contributed by atoms with E-state index in [0.29, 0.717) is 11.6 Å². The van der Waals surface area contributed by atoms with Gasteiger partial charge >= 0.3 is 0 Å². The SMILES string of the molecule is Cn1ccc2cc(N3Cc4cc(Cl)ccc4C3=O)ccc21. The third kappa shape index (κ3) is 1.85. The number of anilines is 1. The van der Waals surface area contributed by atoms with Crippen LogP contribution in [0.4, 0.5) is 5.69 Å². The second kappa shape index (κ2) is 4.37. The minimum Gasteiger partial charge on any atom is -0.351 e. The highest BCUT2D eigenvalue weighted by atomic mass is 35.5. The number of fused-ring (bicyclic) bond motifs is 2. The number of carbonyl (C=O) groups is 1. The van der Waals surface area contributed by atoms with Crippen molar-refractivity contribution in [2.75, 3.05) is 4.90 Å². The van der Waals surface area contributed by atoms with Crippen LogP contribution in [0.3, 0.4) is 0 Å². The fourth-order valence-electron chi connectivity index (χ4n) is 2.93. The molecule has 1 aromatic heterocycles. The third-order valence-electron chi connectivity index (χ3n) is 4.05. The Morgan fingerprint density at radius 3 is 2.81 bits per heavy atom. The van der Waals surface area contributed by atoms with Crippen LogP contribution in [-0.2, 0) is 13.6 Å². The number of halogens is 1. The summed E-state index contributed by atoms with van der Waals surface area (Å²) >= 11 is 6.01. The van der Waals surface area contributed by atoms with Gasteiger partial charge in [-0.3, -0.25) is 4.79 Å². The van der Waals surface area contributed by atoms with Gasteiger partial charge in [-0.2, -0.15) is 0 Å². The van der Waals surface area contributed by atoms with Gasteiger partial charge in [-0.25, -0.2) is 0 Å². The van der Waals surface area contributed by atoms with E-state index in [9.17, 15) is 4.79 Å². The van der Waals surface area contributed by atoms with Crippen LogP contribution >= 0.6 is 11.6 Å². The van der Waals surface area contributed by atoms with Gasteiger partial charge in [-0.15, -0.1) is 0 Å². The molecule has 0 radical (unpaired) electrons. The molecule has 0 atom stereocenters. The molecule has 1 aliphatic heterocycles. The number of rotatable bonds is 1. The summed E-state index contributed by atoms with van der Waals surface area (Å²) in [7, 11) is 2.01. The second-order valence-electron chi connectivity index (χ2n) is 5.36. The van der Waals surface area contributed by atoms with Crippen molar-refractivity contribution in [3.05, 3.63) is 64.8 Å². The molecule has 0 saturated heterocycles. The lowest BCUT2D eigenvalue weighted by atomic mass is 10.1. The zero-order chi connectivity index (χ0) is 14.6. The molecule has 3 aromatic rings. The average Bonchev–Trinajstić information content (AvgIpc) is 3.00. The van der Waals surface area contributed by atoms with E-state index in [1.54, 1.807) is 17.0 Å². The summed E-state index contributed by atoms with van der Waals surface area (Å²) in [5, 5.41) is 1.80. The molecule has 1 aliphatic rings. The smallest absolute Gasteiger partial charge is 0.258 e. The first-order chi connectivity index (χ1) is 10.1. The third-order valence-corrected chi connectivity index (χ3v) is 4.29. The van der Waals surface area contributed by atoms with Gasteiger partial charge in [0.15, 0.2) is 0 Å². The zero-order valence-electron chi connectivity index (χ0n) is 11.5. The second-order valence-corrected chi connectivity index (χ2v) is 5.80. The predicted molar refractivity (Wildman–Crippen MR) is 84.9 cm³/mol. The summed E-state index contributed by atoms with van der Waals surface area (Å²) in [6.07, 6.45) is 2.02. The van der Waals surface area contributed by atoms with Crippen molar-refractivity contribution in [1.82, 2.24) is 4.57 Å². The van der Waals surface area contributed by atoms with Crippen molar-refractivity contribution in [3.8, 4) is 0 Å². The van der Waals surface area contributed by atoms with Crippen LogP contribution in [0.15, 0.2) is 48.7 Å². The first kappa shape index (κ1) is 12.5. The molecule has 0 bridgehead atoms. The van der Waals surface area contributed by atoms with Crippen LogP contribution < -0.4 is 4.90 Å². The Labute approximate surface area is 127 Å². The summed E-state index contributed by atoms with van der Waals surface area (Å²) < 4.78 is 2.07. The largest absolute Gasteiger partial charge is 0.351 e. The molecule has 0 spiro atoms. The van der Waals surface area contributed by atoms with Crippen LogP contribution in [0, 0.1) is 0 Å². The first-order valence-corrected chi connectivity index (χ1v) is 7.17. The van der Waals surface area contributed by atoms with E-state index >= 15 is 0 Å². The Morgan fingerprint density at radius 1 is 1.10 bits per heavy atom. The van der Waals surface area contributed by atoms with Crippen LogP contribution in [-0.4, -0.2) is 10.5 Å². The van der Waals surface area contributed by atoms with Crippen molar-refractivity contribution in [1.29, 1.82) is 0 Å². The summed E-state index contributed by atoms with van der Waals surface area (Å²) in [5.41, 5.74) is 3.81. The van der Waals surface area contributed by atoms with Crippen LogP contribution in [0.25, 0.3) is 10.9 Å². The Balaban J connectivity index is 1.78. The molecule has 0 N–H and O–H groups in total. The van der Waals surface area contributed by atoms with E-state index < -0.39 is 0 Å². The van der Waals surface area contributed by atoms with E-state index in [1.165, 1.54) is 0 Å². The molecule has 4 rings (SSSR count). The van der Waals surface area contributed by atoms with Crippen molar-refractivity contribution < 1.29 is 4.79 Å². The Kier molecular flexibility index (Phi) is 2.59. The fraction of sp³-hybridized carbons (Fsp3) is 0.118. The first-order valence-electron chi connectivity index (χ1n) is 6.79. The maximum Gasteiger partial charge on any atom is 0.258 e. The van der Waals surface area contributed by atoms with Crippen molar-refractivity contribution in [2.24, 2.45) is 7.05 Å². The summed E-state index contributed by atoms with van der Waals surface area (Å²) in [6.45, 7) is 0.576. The molecule has 0 unspecified atom stereocenters. The summed E-state index contributed by atoms with van der Waals surface area (Å²) in [5.74, 6) is 0.0388. The summed E-state index contributed by atoms with van der Waals surface area (Å²) in [6, 6.07) is 13.6. The molecule has 21 heavy (non-hydrogen) atoms. The zero-order valence-corrected chi connectivity index (χ0v) is 12.3. The number of benzene rings is 2. The van der Waals surface area contributed by atoms with Gasteiger partial charge in [-0.05, 0) is 48.0 Å². The van der Waals surface area contributed by atoms with Crippen molar-refractivity contribution in [2.45, 2.75) is 6.54 Å². The van der Waals surface area contributed by atoms with Crippen LogP contribution in [0.1, 0.15) is 15.9 Å². The van der Waals surface area contributed by atoms with Crippen molar-refractivity contribution >= 4 is 34.1 Å². The van der Waals surface area contributed by atoms with E-state index in [2.05, 4.69) is 16.7 Å². The van der Waals surface area contributed by atoms with Gasteiger partial charge in [0.1, 0.15) is 0 Å². The van der Waals surface area contributed by atoms with Gasteiger partial charge in [0.2, 0.25) is 0 Å². The van der Waals surface area contributed by atoms with Gasteiger partial charge in [0, 0.05) is 40.4 Å². The predicted octanol–water partition coefficient (Wildman–Crippen LogP) is 3.99. The maximum absolute atomic E-state index is 12.5. The molecule has 0 fully saturated rings. The standard InChI is InChI=1S/C17H13ClN2O/c1-19-7-6-11-9-14(3-5-16(11)19)20-10-12-8-13(18)2-4-15(12)17(20)21/h2-9H,10H2,1H3. The number of hydrogen-bond acceptors (Lipinski definition) is 1. The van der Waals surface area contributed by atoms with Gasteiger partial charge in [0.25, 0.3) is 5.91 Å². The average molecular weight is 297 g/mol. The number of hydrogen-bond donors (Lipinski definition) is 0. The number of carbonyl (C=O) groups excluding carboxylic acids is 1. The molecule has 0 aliphatic carbocycles.